The third kappa shape index (κ3) is 2.79. The van der Waals surface area contributed by atoms with E-state index in [9.17, 15) is 14.0 Å². The molecule has 1 aromatic carbocycles. The molecule has 0 aliphatic rings. The van der Waals surface area contributed by atoms with Gasteiger partial charge in [-0.1, -0.05) is 19.1 Å². The van der Waals surface area contributed by atoms with E-state index in [1.165, 1.54) is 18.2 Å². The third-order valence-corrected chi connectivity index (χ3v) is 2.35. The van der Waals surface area contributed by atoms with Gasteiger partial charge in [0.15, 0.2) is 5.78 Å². The molecule has 16 heavy (non-hydrogen) atoms. The van der Waals surface area contributed by atoms with Crippen LogP contribution in [0.2, 0.25) is 0 Å². The fourth-order valence-electron chi connectivity index (χ4n) is 1.36. The molecule has 0 amide bonds. The normalized spacial score (nSPS) is 11.9. The van der Waals surface area contributed by atoms with Gasteiger partial charge in [0.25, 0.3) is 0 Å². The van der Waals surface area contributed by atoms with Crippen molar-refractivity contribution in [3.63, 3.8) is 0 Å². The van der Waals surface area contributed by atoms with Crippen LogP contribution in [-0.4, -0.2) is 11.8 Å². The van der Waals surface area contributed by atoms with E-state index in [1.54, 1.807) is 6.92 Å². The van der Waals surface area contributed by atoms with E-state index < -0.39 is 23.5 Å². The predicted octanol–water partition coefficient (Wildman–Crippen LogP) is 2.73. The molecule has 0 fully saturated rings. The van der Waals surface area contributed by atoms with Crippen LogP contribution in [0.1, 0.15) is 23.7 Å². The van der Waals surface area contributed by atoms with Crippen molar-refractivity contribution < 1.29 is 18.3 Å². The Morgan fingerprint density at radius 1 is 1.50 bits per heavy atom. The first-order valence-electron chi connectivity index (χ1n) is 4.72. The fourth-order valence-corrected chi connectivity index (χ4v) is 1.46. The summed E-state index contributed by atoms with van der Waals surface area (Å²) >= 11 is 4.91. The van der Waals surface area contributed by atoms with Crippen molar-refractivity contribution in [2.75, 3.05) is 0 Å². The van der Waals surface area contributed by atoms with E-state index in [2.05, 4.69) is 4.29 Å². The zero-order chi connectivity index (χ0) is 12.1. The molecule has 1 aromatic rings. The summed E-state index contributed by atoms with van der Waals surface area (Å²) in [6.07, 6.45) is 0.251. The molecule has 86 valence electrons. The van der Waals surface area contributed by atoms with Crippen LogP contribution in [0.5, 0.6) is 0 Å². The molecule has 0 heterocycles. The molecule has 0 saturated carbocycles. The highest BCUT2D eigenvalue weighted by atomic mass is 35.5. The van der Waals surface area contributed by atoms with Crippen LogP contribution >= 0.6 is 11.9 Å². The molecular formula is C11H10ClFO3. The van der Waals surface area contributed by atoms with Gasteiger partial charge in [-0.05, 0) is 18.6 Å². The first kappa shape index (κ1) is 12.6. The Bertz CT molecular complexity index is 406. The number of ketones is 1. The van der Waals surface area contributed by atoms with Gasteiger partial charge in [-0.3, -0.25) is 4.79 Å². The summed E-state index contributed by atoms with van der Waals surface area (Å²) in [6, 6.07) is 5.14. The summed E-state index contributed by atoms with van der Waals surface area (Å²) in [5, 5.41) is 0. The molecule has 1 atom stereocenters. The largest absolute Gasteiger partial charge is 0.347 e. The highest BCUT2D eigenvalue weighted by molar-refractivity contribution is 6.17. The number of rotatable bonds is 4. The molecule has 0 aromatic heterocycles. The maximum Gasteiger partial charge on any atom is 0.335 e. The second-order valence-corrected chi connectivity index (χ2v) is 3.39. The van der Waals surface area contributed by atoms with Crippen LogP contribution in [-0.2, 0) is 9.08 Å². The zero-order valence-electron chi connectivity index (χ0n) is 8.57. The average Bonchev–Trinajstić information content (AvgIpc) is 2.29. The van der Waals surface area contributed by atoms with Gasteiger partial charge < -0.3 is 4.29 Å². The highest BCUT2D eigenvalue weighted by Crippen LogP contribution is 2.15. The van der Waals surface area contributed by atoms with Crippen LogP contribution < -0.4 is 0 Å². The maximum atomic E-state index is 12.9. The summed E-state index contributed by atoms with van der Waals surface area (Å²) in [6.45, 7) is 1.65. The summed E-state index contributed by atoms with van der Waals surface area (Å²) in [4.78, 5) is 23.0. The van der Waals surface area contributed by atoms with Crippen molar-refractivity contribution >= 4 is 23.6 Å². The van der Waals surface area contributed by atoms with Crippen LogP contribution in [0.25, 0.3) is 0 Å². The molecule has 0 radical (unpaired) electrons. The molecule has 1 rings (SSSR count). The monoisotopic (exact) mass is 244 g/mol. The van der Waals surface area contributed by atoms with Crippen LogP contribution in [0.4, 0.5) is 4.39 Å². The first-order chi connectivity index (χ1) is 7.60. The number of halogens is 2. The molecule has 1 unspecified atom stereocenters. The minimum Gasteiger partial charge on any atom is -0.347 e. The maximum absolute atomic E-state index is 12.9. The quantitative estimate of drug-likeness (QED) is 0.604. The molecule has 0 N–H and O–H groups in total. The van der Waals surface area contributed by atoms with Crippen molar-refractivity contribution in [3.05, 3.63) is 35.6 Å². The van der Waals surface area contributed by atoms with E-state index >= 15 is 0 Å². The van der Waals surface area contributed by atoms with Crippen molar-refractivity contribution in [1.29, 1.82) is 0 Å². The van der Waals surface area contributed by atoms with E-state index in [0.717, 1.165) is 6.07 Å². The lowest BCUT2D eigenvalue weighted by atomic mass is 9.95. The summed E-state index contributed by atoms with van der Waals surface area (Å²) in [5.74, 6) is -2.83. The minimum atomic E-state index is -0.987. The van der Waals surface area contributed by atoms with Gasteiger partial charge in [0.1, 0.15) is 23.6 Å². The second-order valence-electron chi connectivity index (χ2n) is 3.23. The predicted molar refractivity (Wildman–Crippen MR) is 56.5 cm³/mol. The zero-order valence-corrected chi connectivity index (χ0v) is 9.33. The third-order valence-electron chi connectivity index (χ3n) is 2.19. The van der Waals surface area contributed by atoms with E-state index in [4.69, 9.17) is 11.9 Å². The molecule has 0 bridgehead atoms. The number of Topliss-reactive ketones (excluding diaryl/α,β-unsaturated/α-hetero) is 1. The van der Waals surface area contributed by atoms with Crippen molar-refractivity contribution in [2.45, 2.75) is 13.3 Å². The molecule has 0 aliphatic heterocycles. The number of benzene rings is 1. The average molecular weight is 245 g/mol. The standard InChI is InChI=1S/C11H10ClFO3/c1-2-9(11(15)16-12)10(14)7-4-3-5-8(13)6-7/h3-6,9H,2H2,1H3. The second kappa shape index (κ2) is 5.61. The molecular weight excluding hydrogens is 235 g/mol. The topological polar surface area (TPSA) is 43.4 Å². The fraction of sp³-hybridized carbons (Fsp3) is 0.273. The van der Waals surface area contributed by atoms with E-state index in [-0.39, 0.29) is 12.0 Å². The number of carbonyl (C=O) groups excluding carboxylic acids is 2. The Kier molecular flexibility index (Phi) is 4.43. The number of carbonyl (C=O) groups is 2. The van der Waals surface area contributed by atoms with Gasteiger partial charge in [0.2, 0.25) is 0 Å². The number of hydrogen-bond acceptors (Lipinski definition) is 3. The Labute approximate surface area is 97.3 Å². The molecule has 0 aliphatic carbocycles. The van der Waals surface area contributed by atoms with Gasteiger partial charge in [0, 0.05) is 5.56 Å². The van der Waals surface area contributed by atoms with Crippen molar-refractivity contribution in [1.82, 2.24) is 0 Å². The Hall–Kier alpha value is -1.42. The lowest BCUT2D eigenvalue weighted by Crippen LogP contribution is -2.23. The molecule has 0 saturated heterocycles. The first-order valence-corrected chi connectivity index (χ1v) is 5.03. The van der Waals surface area contributed by atoms with Crippen LogP contribution in [0.3, 0.4) is 0 Å². The summed E-state index contributed by atoms with van der Waals surface area (Å²) < 4.78 is 16.9. The van der Waals surface area contributed by atoms with Gasteiger partial charge >= 0.3 is 5.97 Å². The Morgan fingerprint density at radius 3 is 2.69 bits per heavy atom. The van der Waals surface area contributed by atoms with Crippen LogP contribution in [0.15, 0.2) is 24.3 Å². The minimum absolute atomic E-state index is 0.133. The molecule has 5 heteroatoms. The van der Waals surface area contributed by atoms with Gasteiger partial charge in [-0.25, -0.2) is 9.18 Å². The van der Waals surface area contributed by atoms with Gasteiger partial charge in [-0.2, -0.15) is 0 Å². The number of hydrogen-bond donors (Lipinski definition) is 0. The Morgan fingerprint density at radius 2 is 2.19 bits per heavy atom. The van der Waals surface area contributed by atoms with Gasteiger partial charge in [-0.15, -0.1) is 0 Å². The van der Waals surface area contributed by atoms with Gasteiger partial charge in [0.05, 0.1) is 0 Å². The summed E-state index contributed by atoms with van der Waals surface area (Å²) in [7, 11) is 0. The molecule has 3 nitrogen and oxygen atoms in total. The van der Waals surface area contributed by atoms with E-state index in [0.29, 0.717) is 0 Å². The smallest absolute Gasteiger partial charge is 0.335 e. The Balaban J connectivity index is 2.95. The molecule has 0 spiro atoms. The lowest BCUT2D eigenvalue weighted by Gasteiger charge is -2.09. The highest BCUT2D eigenvalue weighted by Gasteiger charge is 2.27. The summed E-state index contributed by atoms with van der Waals surface area (Å²) in [5.41, 5.74) is 0.133. The van der Waals surface area contributed by atoms with Crippen molar-refractivity contribution in [2.24, 2.45) is 5.92 Å². The SMILES string of the molecule is CCC(C(=O)OCl)C(=O)c1cccc(F)c1. The van der Waals surface area contributed by atoms with Crippen LogP contribution in [0, 0.1) is 11.7 Å². The van der Waals surface area contributed by atoms with E-state index in [1.807, 2.05) is 0 Å². The van der Waals surface area contributed by atoms with Crippen molar-refractivity contribution in [3.8, 4) is 0 Å². The lowest BCUT2D eigenvalue weighted by molar-refractivity contribution is -0.136.